The van der Waals surface area contributed by atoms with Crippen LogP contribution in [0.2, 0.25) is 0 Å². The Labute approximate surface area is 191 Å². The van der Waals surface area contributed by atoms with Crippen LogP contribution in [0.4, 0.5) is 5.82 Å². The van der Waals surface area contributed by atoms with E-state index in [2.05, 4.69) is 28.9 Å². The van der Waals surface area contributed by atoms with Crippen molar-refractivity contribution in [1.29, 1.82) is 0 Å². The Morgan fingerprint density at radius 3 is 2.06 bits per heavy atom. The van der Waals surface area contributed by atoms with Crippen LogP contribution in [-0.4, -0.2) is 48.9 Å². The van der Waals surface area contributed by atoms with Crippen LogP contribution in [0.15, 0.2) is 47.4 Å². The largest absolute Gasteiger partial charge is 0.354 e. The Bertz CT molecular complexity index is 1240. The van der Waals surface area contributed by atoms with Crippen molar-refractivity contribution >= 4 is 15.8 Å². The Morgan fingerprint density at radius 2 is 1.44 bits per heavy atom. The maximum atomic E-state index is 13.4. The van der Waals surface area contributed by atoms with E-state index in [0.717, 1.165) is 39.3 Å². The molecular formula is C25H30N4O2S. The number of sulfonamides is 1. The van der Waals surface area contributed by atoms with E-state index in [0.29, 0.717) is 36.9 Å². The molecule has 2 heterocycles. The SMILES string of the molecule is Cc1cccc(-c2nc(C)cc(N3CCN(S(=O)(=O)c4c(C)cc(C)cc4C)CC3)n2)c1. The lowest BCUT2D eigenvalue weighted by Gasteiger charge is -2.35. The summed E-state index contributed by atoms with van der Waals surface area (Å²) < 4.78 is 28.4. The van der Waals surface area contributed by atoms with Crippen LogP contribution in [0, 0.1) is 34.6 Å². The van der Waals surface area contributed by atoms with Gasteiger partial charge in [-0.05, 0) is 51.8 Å². The highest BCUT2D eigenvalue weighted by atomic mass is 32.2. The standard InChI is InChI=1S/C25H30N4O2S/c1-17-7-6-8-22(15-17)25-26-21(5)16-23(27-25)28-9-11-29(12-10-28)32(30,31)24-19(3)13-18(2)14-20(24)4/h6-8,13-16H,9-12H2,1-5H3. The van der Waals surface area contributed by atoms with E-state index in [-0.39, 0.29) is 0 Å². The number of aromatic nitrogens is 2. The van der Waals surface area contributed by atoms with E-state index in [1.807, 2.05) is 58.0 Å². The fourth-order valence-corrected chi connectivity index (χ4v) is 6.32. The average molecular weight is 451 g/mol. The molecule has 0 N–H and O–H groups in total. The molecule has 168 valence electrons. The molecular weight excluding hydrogens is 420 g/mol. The summed E-state index contributed by atoms with van der Waals surface area (Å²) in [5.41, 5.74) is 5.73. The number of rotatable bonds is 4. The lowest BCUT2D eigenvalue weighted by Crippen LogP contribution is -2.49. The van der Waals surface area contributed by atoms with Gasteiger partial charge in [0.2, 0.25) is 10.0 Å². The number of hydrogen-bond donors (Lipinski definition) is 0. The van der Waals surface area contributed by atoms with Crippen molar-refractivity contribution in [1.82, 2.24) is 14.3 Å². The van der Waals surface area contributed by atoms with Gasteiger partial charge in [0.25, 0.3) is 0 Å². The number of benzene rings is 2. The molecule has 7 heteroatoms. The first-order chi connectivity index (χ1) is 15.1. The molecule has 1 aliphatic heterocycles. The summed E-state index contributed by atoms with van der Waals surface area (Å²) in [6.07, 6.45) is 0. The zero-order valence-corrected chi connectivity index (χ0v) is 20.2. The molecule has 1 saturated heterocycles. The summed E-state index contributed by atoms with van der Waals surface area (Å²) in [5.74, 6) is 1.54. The molecule has 1 aromatic heterocycles. The van der Waals surface area contributed by atoms with E-state index < -0.39 is 10.0 Å². The molecule has 0 amide bonds. The fourth-order valence-electron chi connectivity index (χ4n) is 4.49. The van der Waals surface area contributed by atoms with Gasteiger partial charge in [0.1, 0.15) is 5.82 Å². The normalized spacial score (nSPS) is 15.2. The maximum Gasteiger partial charge on any atom is 0.243 e. The van der Waals surface area contributed by atoms with Crippen LogP contribution in [0.25, 0.3) is 11.4 Å². The van der Waals surface area contributed by atoms with Gasteiger partial charge in [0, 0.05) is 43.5 Å². The molecule has 4 rings (SSSR count). The Morgan fingerprint density at radius 1 is 0.781 bits per heavy atom. The van der Waals surface area contributed by atoms with Crippen molar-refractivity contribution < 1.29 is 8.42 Å². The molecule has 2 aromatic carbocycles. The molecule has 3 aromatic rings. The highest BCUT2D eigenvalue weighted by Gasteiger charge is 2.31. The molecule has 0 aliphatic carbocycles. The van der Waals surface area contributed by atoms with Gasteiger partial charge in [-0.15, -0.1) is 0 Å². The molecule has 1 aliphatic rings. The van der Waals surface area contributed by atoms with Crippen LogP contribution < -0.4 is 4.90 Å². The predicted octanol–water partition coefficient (Wildman–Crippen LogP) is 4.20. The molecule has 6 nitrogen and oxygen atoms in total. The molecule has 1 fully saturated rings. The third-order valence-corrected chi connectivity index (χ3v) is 8.09. The molecule has 32 heavy (non-hydrogen) atoms. The molecule has 0 bridgehead atoms. The fraction of sp³-hybridized carbons (Fsp3) is 0.360. The summed E-state index contributed by atoms with van der Waals surface area (Å²) >= 11 is 0. The molecule has 0 atom stereocenters. The first-order valence-corrected chi connectivity index (χ1v) is 12.3. The first-order valence-electron chi connectivity index (χ1n) is 10.9. The van der Waals surface area contributed by atoms with Gasteiger partial charge in [0.15, 0.2) is 5.82 Å². The van der Waals surface area contributed by atoms with Gasteiger partial charge in [-0.25, -0.2) is 18.4 Å². The topological polar surface area (TPSA) is 66.4 Å². The van der Waals surface area contributed by atoms with Gasteiger partial charge < -0.3 is 4.90 Å². The van der Waals surface area contributed by atoms with Gasteiger partial charge in [-0.3, -0.25) is 0 Å². The zero-order chi connectivity index (χ0) is 23.0. The average Bonchev–Trinajstić information content (AvgIpc) is 2.72. The molecule has 0 unspecified atom stereocenters. The zero-order valence-electron chi connectivity index (χ0n) is 19.4. The maximum absolute atomic E-state index is 13.4. The van der Waals surface area contributed by atoms with Gasteiger partial charge in [-0.2, -0.15) is 4.31 Å². The number of hydrogen-bond acceptors (Lipinski definition) is 5. The minimum Gasteiger partial charge on any atom is -0.354 e. The van der Waals surface area contributed by atoms with E-state index >= 15 is 0 Å². The van der Waals surface area contributed by atoms with Crippen molar-refractivity contribution in [2.75, 3.05) is 31.1 Å². The third-order valence-electron chi connectivity index (χ3n) is 5.88. The monoisotopic (exact) mass is 450 g/mol. The second kappa shape index (κ2) is 8.64. The Balaban J connectivity index is 1.56. The van der Waals surface area contributed by atoms with Crippen LogP contribution >= 0.6 is 0 Å². The predicted molar refractivity (Wildman–Crippen MR) is 129 cm³/mol. The summed E-state index contributed by atoms with van der Waals surface area (Å²) in [6, 6.07) is 14.0. The van der Waals surface area contributed by atoms with E-state index in [1.165, 1.54) is 0 Å². The number of piperazine rings is 1. The van der Waals surface area contributed by atoms with Crippen molar-refractivity contribution in [3.8, 4) is 11.4 Å². The Hall–Kier alpha value is -2.77. The van der Waals surface area contributed by atoms with Crippen LogP contribution in [0.3, 0.4) is 0 Å². The first kappa shape index (κ1) is 22.4. The summed E-state index contributed by atoms with van der Waals surface area (Å²) in [4.78, 5) is 12.0. The van der Waals surface area contributed by atoms with Gasteiger partial charge in [0.05, 0.1) is 4.90 Å². The summed E-state index contributed by atoms with van der Waals surface area (Å²) in [7, 11) is -3.54. The molecule has 0 spiro atoms. The summed E-state index contributed by atoms with van der Waals surface area (Å²) in [6.45, 7) is 11.8. The van der Waals surface area contributed by atoms with Gasteiger partial charge >= 0.3 is 0 Å². The van der Waals surface area contributed by atoms with Crippen LogP contribution in [-0.2, 0) is 10.0 Å². The van der Waals surface area contributed by atoms with Crippen molar-refractivity contribution in [2.24, 2.45) is 0 Å². The van der Waals surface area contributed by atoms with Crippen molar-refractivity contribution in [2.45, 2.75) is 39.5 Å². The van der Waals surface area contributed by atoms with Crippen LogP contribution in [0.5, 0.6) is 0 Å². The minimum absolute atomic E-state index is 0.428. The van der Waals surface area contributed by atoms with E-state index in [4.69, 9.17) is 4.98 Å². The molecule has 0 saturated carbocycles. The number of anilines is 1. The molecule has 0 radical (unpaired) electrons. The van der Waals surface area contributed by atoms with E-state index in [1.54, 1.807) is 4.31 Å². The van der Waals surface area contributed by atoms with Crippen LogP contribution in [0.1, 0.15) is 27.9 Å². The smallest absolute Gasteiger partial charge is 0.243 e. The summed E-state index contributed by atoms with van der Waals surface area (Å²) in [5, 5.41) is 0. The highest BCUT2D eigenvalue weighted by Crippen LogP contribution is 2.27. The van der Waals surface area contributed by atoms with E-state index in [9.17, 15) is 8.42 Å². The number of nitrogens with zero attached hydrogens (tertiary/aromatic N) is 4. The van der Waals surface area contributed by atoms with Crippen molar-refractivity contribution in [3.05, 3.63) is 70.4 Å². The highest BCUT2D eigenvalue weighted by molar-refractivity contribution is 7.89. The van der Waals surface area contributed by atoms with Crippen molar-refractivity contribution in [3.63, 3.8) is 0 Å². The quantitative estimate of drug-likeness (QED) is 0.596. The van der Waals surface area contributed by atoms with Gasteiger partial charge in [-0.1, -0.05) is 41.5 Å². The minimum atomic E-state index is -3.54. The second-order valence-electron chi connectivity index (χ2n) is 8.68. The lowest BCUT2D eigenvalue weighted by molar-refractivity contribution is 0.383. The lowest BCUT2D eigenvalue weighted by atomic mass is 10.1. The third kappa shape index (κ3) is 4.40. The number of aryl methyl sites for hydroxylation is 5. The Kier molecular flexibility index (Phi) is 6.05. The second-order valence-corrected chi connectivity index (χ2v) is 10.6.